The maximum absolute atomic E-state index is 14.9. The molecule has 0 N–H and O–H groups in total. The normalized spacial score (nSPS) is 12.0. The van der Waals surface area contributed by atoms with Crippen LogP contribution in [0.5, 0.6) is 0 Å². The number of halogens is 8. The van der Waals surface area contributed by atoms with Gasteiger partial charge in [-0.05, 0) is 77.4 Å². The molecule has 0 spiro atoms. The van der Waals surface area contributed by atoms with Crippen molar-refractivity contribution in [3.05, 3.63) is 123 Å². The Morgan fingerprint density at radius 3 is 1.77 bits per heavy atom. The SMILES string of the molecule is CCCS/C(F)=C(\F)c1ccc(-c2ccc(CCc3cc(F)c(-c4cc(F)c(F)c(F)c4)c(F)c3)c(F)c2)cc1. The Bertz CT molecular complexity index is 1510. The molecule has 4 aromatic carbocycles. The molecule has 0 aliphatic rings. The number of aryl methyl sites for hydroxylation is 2. The molecule has 0 aromatic heterocycles. The minimum atomic E-state index is -1.75. The van der Waals surface area contributed by atoms with Crippen LogP contribution in [-0.2, 0) is 12.8 Å². The van der Waals surface area contributed by atoms with Gasteiger partial charge < -0.3 is 0 Å². The Balaban J connectivity index is 1.48. The summed E-state index contributed by atoms with van der Waals surface area (Å²) >= 11 is 0.796. The monoisotopic (exact) mass is 578 g/mol. The Morgan fingerprint density at radius 1 is 0.625 bits per heavy atom. The van der Waals surface area contributed by atoms with Crippen molar-refractivity contribution in [3.63, 3.8) is 0 Å². The van der Waals surface area contributed by atoms with Crippen molar-refractivity contribution < 1.29 is 35.1 Å². The maximum Gasteiger partial charge on any atom is 0.194 e. The van der Waals surface area contributed by atoms with Crippen molar-refractivity contribution >= 4 is 17.6 Å². The molecule has 4 aromatic rings. The van der Waals surface area contributed by atoms with Gasteiger partial charge in [-0.2, -0.15) is 4.39 Å². The minimum absolute atomic E-state index is 0.0540. The second kappa shape index (κ2) is 12.7. The summed E-state index contributed by atoms with van der Waals surface area (Å²) in [5.74, 6) is -8.17. The fourth-order valence-electron chi connectivity index (χ4n) is 4.13. The predicted octanol–water partition coefficient (Wildman–Crippen LogP) is 10.3. The Labute approximate surface area is 230 Å². The molecule has 9 heteroatoms. The molecule has 0 nitrogen and oxygen atoms in total. The molecule has 0 amide bonds. The van der Waals surface area contributed by atoms with Gasteiger partial charge in [0.05, 0.1) is 5.56 Å². The predicted molar refractivity (Wildman–Crippen MR) is 143 cm³/mol. The molecule has 0 saturated heterocycles. The van der Waals surface area contributed by atoms with Crippen LogP contribution in [0.4, 0.5) is 35.1 Å². The van der Waals surface area contributed by atoms with Crippen LogP contribution in [0, 0.1) is 34.9 Å². The lowest BCUT2D eigenvalue weighted by atomic mass is 9.97. The van der Waals surface area contributed by atoms with Gasteiger partial charge >= 0.3 is 0 Å². The molecular formula is C31H22F8S. The number of hydrogen-bond acceptors (Lipinski definition) is 1. The highest BCUT2D eigenvalue weighted by molar-refractivity contribution is 8.03. The molecule has 0 unspecified atom stereocenters. The van der Waals surface area contributed by atoms with Crippen LogP contribution in [0.25, 0.3) is 28.1 Å². The molecule has 0 radical (unpaired) electrons. The molecule has 0 aliphatic heterocycles. The quantitative estimate of drug-likeness (QED) is 0.141. The second-order valence-electron chi connectivity index (χ2n) is 9.01. The third kappa shape index (κ3) is 6.58. The summed E-state index contributed by atoms with van der Waals surface area (Å²) in [5, 5.41) is -0.891. The molecule has 0 fully saturated rings. The zero-order valence-corrected chi connectivity index (χ0v) is 21.9. The van der Waals surface area contributed by atoms with Gasteiger partial charge in [-0.3, -0.25) is 0 Å². The molecular weight excluding hydrogens is 556 g/mol. The number of hydrogen-bond donors (Lipinski definition) is 0. The van der Waals surface area contributed by atoms with Gasteiger partial charge in [-0.25, -0.2) is 30.7 Å². The summed E-state index contributed by atoms with van der Waals surface area (Å²) in [4.78, 5) is 0. The van der Waals surface area contributed by atoms with E-state index in [1.54, 1.807) is 18.2 Å². The summed E-state index contributed by atoms with van der Waals surface area (Å²) in [6.45, 7) is 1.86. The van der Waals surface area contributed by atoms with Gasteiger partial charge in [0, 0.05) is 11.3 Å². The number of benzene rings is 4. The van der Waals surface area contributed by atoms with Crippen molar-refractivity contribution in [2.24, 2.45) is 0 Å². The van der Waals surface area contributed by atoms with E-state index >= 15 is 0 Å². The molecule has 40 heavy (non-hydrogen) atoms. The first kappa shape index (κ1) is 29.4. The lowest BCUT2D eigenvalue weighted by molar-refractivity contribution is 0.447. The Hall–Kier alpha value is -3.59. The number of thioether (sulfide) groups is 1. The highest BCUT2D eigenvalue weighted by Gasteiger charge is 2.19. The van der Waals surface area contributed by atoms with Crippen molar-refractivity contribution in [3.8, 4) is 22.3 Å². The van der Waals surface area contributed by atoms with E-state index in [1.807, 2.05) is 6.92 Å². The fraction of sp³-hybridized carbons (Fsp3) is 0.161. The summed E-state index contributed by atoms with van der Waals surface area (Å²) in [6.07, 6.45) is 0.848. The van der Waals surface area contributed by atoms with Crippen LogP contribution in [0.1, 0.15) is 30.0 Å². The summed E-state index contributed by atoms with van der Waals surface area (Å²) in [7, 11) is 0. The van der Waals surface area contributed by atoms with E-state index < -0.39 is 57.0 Å². The van der Waals surface area contributed by atoms with Crippen molar-refractivity contribution in [1.29, 1.82) is 0 Å². The topological polar surface area (TPSA) is 0 Å². The molecule has 0 aliphatic carbocycles. The Kier molecular flexibility index (Phi) is 9.35. The summed E-state index contributed by atoms with van der Waals surface area (Å²) in [6, 6.07) is 13.3. The molecule has 0 heterocycles. The van der Waals surface area contributed by atoms with Gasteiger partial charge in [0.2, 0.25) is 0 Å². The van der Waals surface area contributed by atoms with E-state index in [4.69, 9.17) is 0 Å². The van der Waals surface area contributed by atoms with E-state index in [-0.39, 0.29) is 29.5 Å². The lowest BCUT2D eigenvalue weighted by Crippen LogP contribution is -2.00. The van der Waals surface area contributed by atoms with Gasteiger partial charge in [-0.15, -0.1) is 0 Å². The summed E-state index contributed by atoms with van der Waals surface area (Å²) < 4.78 is 113. The van der Waals surface area contributed by atoms with Gasteiger partial charge in [0.15, 0.2) is 28.4 Å². The highest BCUT2D eigenvalue weighted by atomic mass is 32.2. The summed E-state index contributed by atoms with van der Waals surface area (Å²) in [5.41, 5.74) is 0.405. The fourth-order valence-corrected chi connectivity index (χ4v) is 4.76. The van der Waals surface area contributed by atoms with E-state index in [0.29, 0.717) is 35.4 Å². The van der Waals surface area contributed by atoms with Crippen molar-refractivity contribution in [1.82, 2.24) is 0 Å². The van der Waals surface area contributed by atoms with E-state index in [0.717, 1.165) is 23.9 Å². The smallest absolute Gasteiger partial charge is 0.194 e. The van der Waals surface area contributed by atoms with Crippen molar-refractivity contribution in [2.75, 3.05) is 5.75 Å². The lowest BCUT2D eigenvalue weighted by Gasteiger charge is -2.11. The first-order valence-corrected chi connectivity index (χ1v) is 13.3. The standard InChI is InChI=1S/C31H22F8S/c1-2-11-40-31(39)29(37)20-8-5-18(6-9-20)21-10-7-19(23(32)14-21)4-3-17-12-24(33)28(25(34)13-17)22-15-26(35)30(38)27(36)16-22/h5-10,12-16H,2-4,11H2,1H3/b31-29-. The average molecular weight is 579 g/mol. The van der Waals surface area contributed by atoms with E-state index in [9.17, 15) is 35.1 Å². The van der Waals surface area contributed by atoms with Crippen LogP contribution in [0.3, 0.4) is 0 Å². The molecule has 0 saturated carbocycles. The van der Waals surface area contributed by atoms with Crippen LogP contribution in [0.2, 0.25) is 0 Å². The van der Waals surface area contributed by atoms with Gasteiger partial charge in [0.25, 0.3) is 0 Å². The van der Waals surface area contributed by atoms with Gasteiger partial charge in [-0.1, -0.05) is 55.1 Å². The number of rotatable bonds is 9. The zero-order chi connectivity index (χ0) is 29.0. The first-order valence-electron chi connectivity index (χ1n) is 12.3. The van der Waals surface area contributed by atoms with Crippen LogP contribution in [-0.4, -0.2) is 5.75 Å². The Morgan fingerprint density at radius 2 is 1.20 bits per heavy atom. The van der Waals surface area contributed by atoms with E-state index in [2.05, 4.69) is 0 Å². The van der Waals surface area contributed by atoms with Crippen LogP contribution >= 0.6 is 11.8 Å². The zero-order valence-electron chi connectivity index (χ0n) is 21.1. The third-order valence-electron chi connectivity index (χ3n) is 6.19. The molecule has 0 bridgehead atoms. The first-order chi connectivity index (χ1) is 19.1. The van der Waals surface area contributed by atoms with E-state index in [1.165, 1.54) is 24.3 Å². The minimum Gasteiger partial charge on any atom is -0.207 e. The van der Waals surface area contributed by atoms with Crippen LogP contribution < -0.4 is 0 Å². The average Bonchev–Trinajstić information content (AvgIpc) is 2.93. The molecule has 4 rings (SSSR count). The van der Waals surface area contributed by atoms with Crippen LogP contribution in [0.15, 0.2) is 71.9 Å². The van der Waals surface area contributed by atoms with Crippen molar-refractivity contribution in [2.45, 2.75) is 26.2 Å². The largest absolute Gasteiger partial charge is 0.207 e. The highest BCUT2D eigenvalue weighted by Crippen LogP contribution is 2.32. The second-order valence-corrected chi connectivity index (χ2v) is 10.1. The molecule has 0 atom stereocenters. The maximum atomic E-state index is 14.9. The molecule has 208 valence electrons. The van der Waals surface area contributed by atoms with Gasteiger partial charge in [0.1, 0.15) is 17.5 Å². The third-order valence-corrected chi connectivity index (χ3v) is 7.23.